The van der Waals surface area contributed by atoms with Gasteiger partial charge in [-0.2, -0.15) is 0 Å². The van der Waals surface area contributed by atoms with E-state index in [4.69, 9.17) is 0 Å². The van der Waals surface area contributed by atoms with Crippen molar-refractivity contribution in [2.24, 2.45) is 17.3 Å². The van der Waals surface area contributed by atoms with E-state index in [9.17, 15) is 4.79 Å². The number of nitrogens with one attached hydrogen (secondary N) is 1. The summed E-state index contributed by atoms with van der Waals surface area (Å²) < 4.78 is 0. The Morgan fingerprint density at radius 1 is 1.20 bits per heavy atom. The maximum atomic E-state index is 13.3. The topological polar surface area (TPSA) is 32.3 Å². The maximum Gasteiger partial charge on any atom is 0.226 e. The summed E-state index contributed by atoms with van der Waals surface area (Å²) >= 11 is 0. The molecule has 1 aliphatic carbocycles. The monoisotopic (exact) mass is 362 g/mol. The summed E-state index contributed by atoms with van der Waals surface area (Å²) in [6.07, 6.45) is 5.86. The number of hydrogen-bond acceptors (Lipinski definition) is 2. The minimum atomic E-state index is 0. The van der Waals surface area contributed by atoms with E-state index >= 15 is 0 Å². The molecule has 2 heterocycles. The Labute approximate surface area is 158 Å². The first-order valence-electron chi connectivity index (χ1n) is 9.68. The first-order valence-corrected chi connectivity index (χ1v) is 9.68. The van der Waals surface area contributed by atoms with Crippen LogP contribution < -0.4 is 5.32 Å². The van der Waals surface area contributed by atoms with E-state index in [1.807, 2.05) is 0 Å². The van der Waals surface area contributed by atoms with Gasteiger partial charge in [0, 0.05) is 12.5 Å². The third-order valence-electron chi connectivity index (χ3n) is 6.72. The van der Waals surface area contributed by atoms with Gasteiger partial charge in [-0.3, -0.25) is 4.79 Å². The van der Waals surface area contributed by atoms with Crippen LogP contribution in [0.15, 0.2) is 24.3 Å². The normalized spacial score (nSPS) is 30.6. The molecule has 0 aromatic heterocycles. The molecule has 4 rings (SSSR count). The number of carbonyl (C=O) groups excluding carboxylic acids is 1. The average Bonchev–Trinajstić information content (AvgIpc) is 3.28. The minimum Gasteiger partial charge on any atom is -0.335 e. The lowest BCUT2D eigenvalue weighted by Crippen LogP contribution is -2.44. The number of rotatable bonds is 2. The summed E-state index contributed by atoms with van der Waals surface area (Å²) in [4.78, 5) is 15.6. The highest BCUT2D eigenvalue weighted by molar-refractivity contribution is 5.85. The van der Waals surface area contributed by atoms with E-state index in [1.54, 1.807) is 0 Å². The number of hydrogen-bond donors (Lipinski definition) is 1. The Balaban J connectivity index is 0.00000182. The Morgan fingerprint density at radius 3 is 2.56 bits per heavy atom. The van der Waals surface area contributed by atoms with Crippen LogP contribution in [0, 0.1) is 24.2 Å². The van der Waals surface area contributed by atoms with Crippen LogP contribution in [0.5, 0.6) is 0 Å². The van der Waals surface area contributed by atoms with E-state index in [0.717, 1.165) is 32.5 Å². The van der Waals surface area contributed by atoms with Crippen molar-refractivity contribution in [2.45, 2.75) is 52.0 Å². The summed E-state index contributed by atoms with van der Waals surface area (Å²) in [6, 6.07) is 9.10. The first kappa shape index (κ1) is 18.7. The van der Waals surface area contributed by atoms with Gasteiger partial charge in [0.2, 0.25) is 5.91 Å². The van der Waals surface area contributed by atoms with E-state index in [0.29, 0.717) is 17.2 Å². The lowest BCUT2D eigenvalue weighted by atomic mass is 9.84. The molecule has 3 atom stereocenters. The van der Waals surface area contributed by atoms with Crippen molar-refractivity contribution < 1.29 is 4.79 Å². The van der Waals surface area contributed by atoms with E-state index in [-0.39, 0.29) is 24.4 Å². The van der Waals surface area contributed by atoms with Gasteiger partial charge in [-0.05, 0) is 69.0 Å². The van der Waals surface area contributed by atoms with Crippen LogP contribution in [0.25, 0.3) is 0 Å². The molecule has 1 amide bonds. The van der Waals surface area contributed by atoms with Crippen molar-refractivity contribution in [1.29, 1.82) is 0 Å². The van der Waals surface area contributed by atoms with Crippen molar-refractivity contribution >= 4 is 18.3 Å². The predicted octanol–water partition coefficient (Wildman–Crippen LogP) is 4.11. The van der Waals surface area contributed by atoms with Gasteiger partial charge in [-0.25, -0.2) is 0 Å². The van der Waals surface area contributed by atoms with Gasteiger partial charge in [-0.1, -0.05) is 36.8 Å². The van der Waals surface area contributed by atoms with E-state index in [2.05, 4.69) is 48.3 Å². The van der Waals surface area contributed by atoms with Crippen LogP contribution in [-0.2, 0) is 4.79 Å². The Kier molecular flexibility index (Phi) is 5.45. The lowest BCUT2D eigenvalue weighted by molar-refractivity contribution is -0.139. The molecule has 3 aliphatic rings. The molecular weight excluding hydrogens is 332 g/mol. The number of halogens is 1. The third kappa shape index (κ3) is 3.46. The second kappa shape index (κ2) is 7.28. The maximum absolute atomic E-state index is 13.3. The molecule has 1 aromatic carbocycles. The van der Waals surface area contributed by atoms with Crippen LogP contribution in [0.4, 0.5) is 0 Å². The van der Waals surface area contributed by atoms with Crippen molar-refractivity contribution in [3.8, 4) is 0 Å². The van der Waals surface area contributed by atoms with Gasteiger partial charge in [0.15, 0.2) is 0 Å². The highest BCUT2D eigenvalue weighted by atomic mass is 35.5. The largest absolute Gasteiger partial charge is 0.335 e. The molecule has 3 fully saturated rings. The molecule has 2 aliphatic heterocycles. The van der Waals surface area contributed by atoms with E-state index < -0.39 is 0 Å². The smallest absolute Gasteiger partial charge is 0.226 e. The average molecular weight is 363 g/mol. The van der Waals surface area contributed by atoms with Crippen LogP contribution >= 0.6 is 12.4 Å². The molecule has 1 saturated carbocycles. The fourth-order valence-corrected chi connectivity index (χ4v) is 5.08. The molecule has 4 heteroatoms. The van der Waals surface area contributed by atoms with Crippen LogP contribution in [0.3, 0.4) is 0 Å². The molecule has 3 nitrogen and oxygen atoms in total. The zero-order valence-corrected chi connectivity index (χ0v) is 16.3. The van der Waals surface area contributed by atoms with Crippen molar-refractivity contribution in [3.63, 3.8) is 0 Å². The third-order valence-corrected chi connectivity index (χ3v) is 6.72. The van der Waals surface area contributed by atoms with Gasteiger partial charge >= 0.3 is 0 Å². The van der Waals surface area contributed by atoms with Crippen LogP contribution in [-0.4, -0.2) is 30.4 Å². The molecule has 1 spiro atoms. The highest BCUT2D eigenvalue weighted by Crippen LogP contribution is 2.60. The van der Waals surface area contributed by atoms with Gasteiger partial charge < -0.3 is 10.2 Å². The van der Waals surface area contributed by atoms with E-state index in [1.165, 1.54) is 30.4 Å². The second-order valence-corrected chi connectivity index (χ2v) is 8.38. The number of carbonyl (C=O) groups is 1. The van der Waals surface area contributed by atoms with Crippen molar-refractivity contribution in [1.82, 2.24) is 10.2 Å². The zero-order chi connectivity index (χ0) is 16.7. The second-order valence-electron chi connectivity index (χ2n) is 8.38. The van der Waals surface area contributed by atoms with Gasteiger partial charge in [0.05, 0.1) is 6.04 Å². The number of benzene rings is 1. The zero-order valence-electron chi connectivity index (χ0n) is 15.5. The van der Waals surface area contributed by atoms with Gasteiger partial charge in [-0.15, -0.1) is 12.4 Å². The molecule has 0 radical (unpaired) electrons. The molecule has 1 N–H and O–H groups in total. The predicted molar refractivity (Wildman–Crippen MR) is 104 cm³/mol. The van der Waals surface area contributed by atoms with Gasteiger partial charge in [0.1, 0.15) is 0 Å². The number of amides is 1. The van der Waals surface area contributed by atoms with Crippen LogP contribution in [0.1, 0.15) is 56.2 Å². The number of nitrogens with zero attached hydrogens (tertiary/aromatic N) is 1. The summed E-state index contributed by atoms with van der Waals surface area (Å²) in [5, 5.41) is 3.44. The quantitative estimate of drug-likeness (QED) is 0.858. The molecule has 2 saturated heterocycles. The number of piperidine rings is 2. The summed E-state index contributed by atoms with van der Waals surface area (Å²) in [5.74, 6) is 1.28. The highest BCUT2D eigenvalue weighted by Gasteiger charge is 2.59. The number of likely N-dealkylation sites (tertiary alicyclic amines) is 1. The van der Waals surface area contributed by atoms with Crippen molar-refractivity contribution in [3.05, 3.63) is 35.4 Å². The fraction of sp³-hybridized carbons (Fsp3) is 0.667. The Hall–Kier alpha value is -1.06. The number of aryl methyl sites for hydroxylation is 1. The summed E-state index contributed by atoms with van der Waals surface area (Å²) in [5.41, 5.74) is 2.94. The molecule has 138 valence electrons. The Morgan fingerprint density at radius 2 is 1.88 bits per heavy atom. The first-order chi connectivity index (χ1) is 11.6. The SMILES string of the molecule is Cc1ccc(C2C(C)CCCN2C(=O)C2CC23CCNCC3)cc1.Cl. The van der Waals surface area contributed by atoms with Gasteiger partial charge in [0.25, 0.3) is 0 Å². The summed E-state index contributed by atoms with van der Waals surface area (Å²) in [7, 11) is 0. The molecule has 1 aromatic rings. The fourth-order valence-electron chi connectivity index (χ4n) is 5.08. The Bertz CT molecular complexity index is 609. The summed E-state index contributed by atoms with van der Waals surface area (Å²) in [6.45, 7) is 7.55. The standard InChI is InChI=1S/C21H30N2O.ClH/c1-15-5-7-17(8-6-15)19-16(2)4-3-13-23(19)20(24)18-14-21(18)9-11-22-12-10-21;/h5-8,16,18-19,22H,3-4,9-14H2,1-2H3;1H. The van der Waals surface area contributed by atoms with Crippen molar-refractivity contribution in [2.75, 3.05) is 19.6 Å². The lowest BCUT2D eigenvalue weighted by Gasteiger charge is -2.41. The molecule has 3 unspecified atom stereocenters. The minimum absolute atomic E-state index is 0. The molecular formula is C21H31ClN2O. The molecule has 0 bridgehead atoms. The van der Waals surface area contributed by atoms with Crippen LogP contribution in [0.2, 0.25) is 0 Å². The molecule has 25 heavy (non-hydrogen) atoms.